The third-order valence-corrected chi connectivity index (χ3v) is 4.10. The van der Waals surface area contributed by atoms with Crippen LogP contribution in [0.25, 0.3) is 0 Å². The minimum Gasteiger partial charge on any atom is -0.0965 e. The van der Waals surface area contributed by atoms with Gasteiger partial charge in [-0.05, 0) is 30.2 Å². The topological polar surface area (TPSA) is 24.7 Å². The van der Waals surface area contributed by atoms with E-state index in [1.165, 1.54) is 18.4 Å². The molecule has 0 aromatic heterocycles. The third-order valence-electron chi connectivity index (χ3n) is 4.10. The highest BCUT2D eigenvalue weighted by Crippen LogP contribution is 2.37. The van der Waals surface area contributed by atoms with Gasteiger partial charge in [0.05, 0.1) is 5.92 Å². The van der Waals surface area contributed by atoms with Crippen LogP contribution in [0.4, 0.5) is 0 Å². The van der Waals surface area contributed by atoms with Crippen molar-refractivity contribution in [1.82, 2.24) is 0 Å². The van der Waals surface area contributed by atoms with E-state index >= 15 is 0 Å². The Kier molecular flexibility index (Phi) is 5.40. The molecule has 0 aliphatic carbocycles. The van der Waals surface area contributed by atoms with Gasteiger partial charge in [0.1, 0.15) is 0 Å². The maximum atomic E-state index is 4.47. The Morgan fingerprint density at radius 2 is 1.70 bits per heavy atom. The first-order valence-electron chi connectivity index (χ1n) is 7.69. The molecule has 20 heavy (non-hydrogen) atoms. The molecule has 0 fully saturated rings. The predicted octanol–water partition coefficient (Wildman–Crippen LogP) is 4.56. The normalized spacial score (nSPS) is 16.9. The summed E-state index contributed by atoms with van der Waals surface area (Å²) in [5.74, 6) is 1.69. The van der Waals surface area contributed by atoms with E-state index in [0.29, 0.717) is 17.8 Å². The van der Waals surface area contributed by atoms with Crippen molar-refractivity contribution < 1.29 is 0 Å². The molecule has 1 heterocycles. The Morgan fingerprint density at radius 1 is 1.05 bits per heavy atom. The Labute approximate surface area is 123 Å². The predicted molar refractivity (Wildman–Crippen MR) is 87.1 cm³/mol. The fraction of sp³-hybridized carbons (Fsp3) is 0.500. The van der Waals surface area contributed by atoms with Crippen LogP contribution in [0.15, 0.2) is 40.3 Å². The van der Waals surface area contributed by atoms with Crippen molar-refractivity contribution in [2.24, 2.45) is 27.7 Å². The number of nitrogens with zero attached hydrogens (tertiary/aromatic N) is 2. The van der Waals surface area contributed by atoms with Crippen molar-refractivity contribution in [2.75, 3.05) is 0 Å². The van der Waals surface area contributed by atoms with Crippen LogP contribution >= 0.6 is 0 Å². The van der Waals surface area contributed by atoms with Crippen molar-refractivity contribution in [2.45, 2.75) is 40.0 Å². The standard InChI is InChI=1S/C18H25N2/c1-4-8-16(18-19-11-12-20-18)17(14(2)3)13-15-9-6-5-7-10-15/h5-7,9-12,14,16-17H,4,8,13H2,1-3H3/q+1. The van der Waals surface area contributed by atoms with E-state index in [1.807, 2.05) is 12.4 Å². The first kappa shape index (κ1) is 14.8. The molecule has 0 bridgehead atoms. The summed E-state index contributed by atoms with van der Waals surface area (Å²) in [6.45, 7) is 6.88. The second-order valence-electron chi connectivity index (χ2n) is 5.91. The maximum absolute atomic E-state index is 4.47. The fourth-order valence-corrected chi connectivity index (χ4v) is 3.02. The van der Waals surface area contributed by atoms with E-state index in [-0.39, 0.29) is 0 Å². The lowest BCUT2D eigenvalue weighted by molar-refractivity contribution is 0.244. The van der Waals surface area contributed by atoms with Crippen LogP contribution in [0.2, 0.25) is 0 Å². The summed E-state index contributed by atoms with van der Waals surface area (Å²) in [6.07, 6.45) is 8.12. The lowest BCUT2D eigenvalue weighted by Gasteiger charge is -2.28. The lowest BCUT2D eigenvalue weighted by Crippen LogP contribution is -2.26. The van der Waals surface area contributed by atoms with Crippen LogP contribution in [0.3, 0.4) is 0 Å². The van der Waals surface area contributed by atoms with Gasteiger partial charge in [-0.3, -0.25) is 0 Å². The van der Waals surface area contributed by atoms with Crippen molar-refractivity contribution in [1.29, 1.82) is 0 Å². The van der Waals surface area contributed by atoms with Gasteiger partial charge in [-0.25, -0.2) is 0 Å². The first-order chi connectivity index (χ1) is 9.72. The van der Waals surface area contributed by atoms with Crippen molar-refractivity contribution in [3.63, 3.8) is 0 Å². The van der Waals surface area contributed by atoms with Crippen molar-refractivity contribution in [3.05, 3.63) is 42.1 Å². The van der Waals surface area contributed by atoms with Gasteiger partial charge >= 0.3 is 0 Å². The molecule has 0 radical (unpaired) electrons. The van der Waals surface area contributed by atoms with E-state index in [9.17, 15) is 0 Å². The molecule has 2 heteroatoms. The van der Waals surface area contributed by atoms with Gasteiger partial charge in [0.15, 0.2) is 12.4 Å². The molecule has 2 rings (SSSR count). The molecule has 1 aliphatic rings. The summed E-state index contributed by atoms with van der Waals surface area (Å²) in [7, 11) is 0. The molecule has 0 N–H and O–H groups in total. The second-order valence-corrected chi connectivity index (χ2v) is 5.91. The molecule has 2 atom stereocenters. The molecule has 106 valence electrons. The zero-order chi connectivity index (χ0) is 14.4. The van der Waals surface area contributed by atoms with Gasteiger partial charge in [-0.2, -0.15) is 0 Å². The SMILES string of the molecule is CCCC([C+]1N=CC=N1)C(Cc1ccccc1)C(C)C. The monoisotopic (exact) mass is 269 g/mol. The molecule has 0 saturated carbocycles. The summed E-state index contributed by atoms with van der Waals surface area (Å²) < 4.78 is 0. The quantitative estimate of drug-likeness (QED) is 0.648. The minimum atomic E-state index is 0.468. The highest BCUT2D eigenvalue weighted by Gasteiger charge is 2.36. The van der Waals surface area contributed by atoms with Gasteiger partial charge in [0, 0.05) is 0 Å². The molecule has 2 unspecified atom stereocenters. The highest BCUT2D eigenvalue weighted by molar-refractivity contribution is 6.18. The van der Waals surface area contributed by atoms with Crippen LogP contribution in [-0.4, -0.2) is 12.4 Å². The summed E-state index contributed by atoms with van der Waals surface area (Å²) in [5, 5.41) is 0. The fourth-order valence-electron chi connectivity index (χ4n) is 3.02. The zero-order valence-corrected chi connectivity index (χ0v) is 12.8. The Bertz CT molecular complexity index is 436. The van der Waals surface area contributed by atoms with Crippen LogP contribution in [-0.2, 0) is 6.42 Å². The number of rotatable bonds is 7. The summed E-state index contributed by atoms with van der Waals surface area (Å²) in [4.78, 5) is 8.94. The van der Waals surface area contributed by atoms with E-state index in [0.717, 1.165) is 12.6 Å². The molecule has 0 saturated heterocycles. The van der Waals surface area contributed by atoms with Gasteiger partial charge in [-0.1, -0.05) is 67.5 Å². The third kappa shape index (κ3) is 3.72. The molecule has 1 aliphatic heterocycles. The Hall–Kier alpha value is -1.57. The van der Waals surface area contributed by atoms with Gasteiger partial charge < -0.3 is 0 Å². The molecule has 1 aromatic rings. The molecule has 0 amide bonds. The maximum Gasteiger partial charge on any atom is 0.244 e. The average molecular weight is 269 g/mol. The molecule has 1 aromatic carbocycles. The summed E-state index contributed by atoms with van der Waals surface area (Å²) >= 11 is 0. The van der Waals surface area contributed by atoms with Crippen molar-refractivity contribution in [3.8, 4) is 0 Å². The molecular formula is C18H25N2+. The zero-order valence-electron chi connectivity index (χ0n) is 12.8. The number of benzene rings is 1. The van der Waals surface area contributed by atoms with E-state index < -0.39 is 0 Å². The van der Waals surface area contributed by atoms with Crippen LogP contribution in [0.1, 0.15) is 39.2 Å². The molecule has 0 spiro atoms. The van der Waals surface area contributed by atoms with E-state index in [2.05, 4.69) is 61.1 Å². The number of aliphatic imine (C=N–C) groups is 2. The van der Waals surface area contributed by atoms with Crippen LogP contribution in [0, 0.1) is 23.9 Å². The van der Waals surface area contributed by atoms with Crippen LogP contribution in [0.5, 0.6) is 0 Å². The van der Waals surface area contributed by atoms with Crippen LogP contribution < -0.4 is 0 Å². The molecule has 2 nitrogen and oxygen atoms in total. The van der Waals surface area contributed by atoms with Gasteiger partial charge in [-0.15, -0.1) is 0 Å². The number of hydrogen-bond donors (Lipinski definition) is 0. The Balaban J connectivity index is 2.16. The summed E-state index contributed by atoms with van der Waals surface area (Å²) in [5.41, 5.74) is 1.42. The van der Waals surface area contributed by atoms with E-state index in [4.69, 9.17) is 0 Å². The highest BCUT2D eigenvalue weighted by atomic mass is 15.0. The molecular weight excluding hydrogens is 244 g/mol. The lowest BCUT2D eigenvalue weighted by atomic mass is 9.76. The summed E-state index contributed by atoms with van der Waals surface area (Å²) in [6, 6.07) is 10.8. The smallest absolute Gasteiger partial charge is 0.0965 e. The van der Waals surface area contributed by atoms with Gasteiger partial charge in [0.2, 0.25) is 6.17 Å². The number of hydrogen-bond acceptors (Lipinski definition) is 2. The van der Waals surface area contributed by atoms with Gasteiger partial charge in [0.25, 0.3) is 0 Å². The van der Waals surface area contributed by atoms with Crippen molar-refractivity contribution >= 4 is 12.4 Å². The minimum absolute atomic E-state index is 0.468. The first-order valence-corrected chi connectivity index (χ1v) is 7.69. The Morgan fingerprint density at radius 3 is 2.25 bits per heavy atom. The largest absolute Gasteiger partial charge is 0.244 e. The average Bonchev–Trinajstić information content (AvgIpc) is 2.97. The second kappa shape index (κ2) is 7.28. The van der Waals surface area contributed by atoms with E-state index in [1.54, 1.807) is 0 Å².